The number of aliphatic hydroxyl groups excluding tert-OH is 1. The number of hydrogen-bond acceptors (Lipinski definition) is 5. The molecule has 24 heavy (non-hydrogen) atoms. The van der Waals surface area contributed by atoms with Crippen molar-refractivity contribution in [1.82, 2.24) is 15.0 Å². The summed E-state index contributed by atoms with van der Waals surface area (Å²) in [5.41, 5.74) is 1.30. The Labute approximate surface area is 142 Å². The number of nitrogens with one attached hydrogen (secondary N) is 1. The minimum absolute atomic E-state index is 0.0587. The molecule has 3 aromatic rings. The minimum Gasteiger partial charge on any atom is -0.391 e. The quantitative estimate of drug-likeness (QED) is 0.761. The fourth-order valence-corrected chi connectivity index (χ4v) is 2.94. The minimum atomic E-state index is -0.429. The predicted octanol–water partition coefficient (Wildman–Crippen LogP) is 3.42. The Morgan fingerprint density at radius 2 is 2.12 bits per heavy atom. The molecule has 122 valence electrons. The molecule has 4 rings (SSSR count). The molecule has 0 aliphatic heterocycles. The van der Waals surface area contributed by atoms with E-state index in [4.69, 9.17) is 11.6 Å². The van der Waals surface area contributed by atoms with Gasteiger partial charge in [-0.3, -0.25) is 4.98 Å². The molecule has 1 fully saturated rings. The summed E-state index contributed by atoms with van der Waals surface area (Å²) in [6.07, 6.45) is 4.26. The third-order valence-corrected chi connectivity index (χ3v) is 4.50. The molecule has 0 amide bonds. The highest BCUT2D eigenvalue weighted by atomic mass is 35.5. The van der Waals surface area contributed by atoms with E-state index in [1.54, 1.807) is 24.4 Å². The van der Waals surface area contributed by atoms with E-state index in [1.165, 1.54) is 12.3 Å². The van der Waals surface area contributed by atoms with Crippen LogP contribution in [0.15, 0.2) is 36.7 Å². The number of nitrogens with zero attached hydrogens (tertiary/aromatic N) is 3. The lowest BCUT2D eigenvalue weighted by atomic mass is 9.89. The number of anilines is 1. The highest BCUT2D eigenvalue weighted by molar-refractivity contribution is 6.33. The number of fused-ring (bicyclic) bond motifs is 1. The van der Waals surface area contributed by atoms with E-state index in [0.29, 0.717) is 33.1 Å². The van der Waals surface area contributed by atoms with Crippen molar-refractivity contribution in [2.24, 2.45) is 0 Å². The standard InChI is InChI=1S/C17H14ClFN4O/c18-11-8-21-17(22-13-3-4-14(13)24)23-15(11)10-6-9-2-1-5-20-16(9)12(19)7-10/h1-2,5-8,13-14,24H,3-4H2,(H,21,22,23)/t13-,14+/m0/s1. The Kier molecular flexibility index (Phi) is 3.78. The predicted molar refractivity (Wildman–Crippen MR) is 90.4 cm³/mol. The number of rotatable bonds is 3. The van der Waals surface area contributed by atoms with Crippen molar-refractivity contribution in [2.75, 3.05) is 5.32 Å². The second-order valence-corrected chi connectivity index (χ2v) is 6.23. The fraction of sp³-hybridized carbons (Fsp3) is 0.235. The summed E-state index contributed by atoms with van der Waals surface area (Å²) >= 11 is 6.21. The zero-order chi connectivity index (χ0) is 16.7. The maximum absolute atomic E-state index is 14.3. The van der Waals surface area contributed by atoms with Gasteiger partial charge in [0.2, 0.25) is 5.95 Å². The van der Waals surface area contributed by atoms with Crippen LogP contribution in [0.4, 0.5) is 10.3 Å². The second kappa shape index (κ2) is 5.96. The number of aromatic nitrogens is 3. The van der Waals surface area contributed by atoms with Crippen LogP contribution in [0.5, 0.6) is 0 Å². The van der Waals surface area contributed by atoms with E-state index in [2.05, 4.69) is 20.3 Å². The van der Waals surface area contributed by atoms with Gasteiger partial charge in [-0.15, -0.1) is 0 Å². The first-order valence-electron chi connectivity index (χ1n) is 7.63. The number of pyridine rings is 1. The van der Waals surface area contributed by atoms with Crippen molar-refractivity contribution in [2.45, 2.75) is 25.0 Å². The molecule has 0 saturated heterocycles. The van der Waals surface area contributed by atoms with Gasteiger partial charge in [-0.05, 0) is 31.0 Å². The van der Waals surface area contributed by atoms with Gasteiger partial charge in [0, 0.05) is 17.1 Å². The van der Waals surface area contributed by atoms with Crippen LogP contribution >= 0.6 is 11.6 Å². The van der Waals surface area contributed by atoms with Gasteiger partial charge < -0.3 is 10.4 Å². The van der Waals surface area contributed by atoms with Crippen LogP contribution in [0.25, 0.3) is 22.2 Å². The van der Waals surface area contributed by atoms with Crippen molar-refractivity contribution in [1.29, 1.82) is 0 Å². The van der Waals surface area contributed by atoms with Gasteiger partial charge in [0.05, 0.1) is 29.1 Å². The molecular formula is C17H14ClFN4O. The maximum Gasteiger partial charge on any atom is 0.223 e. The van der Waals surface area contributed by atoms with Gasteiger partial charge >= 0.3 is 0 Å². The molecule has 0 spiro atoms. The first-order valence-corrected chi connectivity index (χ1v) is 8.01. The Hall–Kier alpha value is -2.31. The summed E-state index contributed by atoms with van der Waals surface area (Å²) in [4.78, 5) is 12.6. The summed E-state index contributed by atoms with van der Waals surface area (Å²) < 4.78 is 14.3. The zero-order valence-electron chi connectivity index (χ0n) is 12.6. The Morgan fingerprint density at radius 1 is 1.25 bits per heavy atom. The van der Waals surface area contributed by atoms with Crippen LogP contribution in [-0.2, 0) is 0 Å². The molecule has 0 radical (unpaired) electrons. The molecule has 0 unspecified atom stereocenters. The van der Waals surface area contributed by atoms with Crippen LogP contribution < -0.4 is 5.32 Å². The van der Waals surface area contributed by atoms with E-state index in [-0.39, 0.29) is 6.04 Å². The van der Waals surface area contributed by atoms with E-state index in [0.717, 1.165) is 12.8 Å². The summed E-state index contributed by atoms with van der Waals surface area (Å²) in [5.74, 6) is -0.0634. The molecule has 1 aromatic carbocycles. The molecule has 2 heterocycles. The first kappa shape index (κ1) is 15.2. The monoisotopic (exact) mass is 344 g/mol. The number of hydrogen-bond donors (Lipinski definition) is 2. The lowest BCUT2D eigenvalue weighted by molar-refractivity contribution is 0.0782. The van der Waals surface area contributed by atoms with E-state index in [9.17, 15) is 9.50 Å². The lowest BCUT2D eigenvalue weighted by Crippen LogP contribution is -2.43. The highest BCUT2D eigenvalue weighted by Crippen LogP contribution is 2.31. The van der Waals surface area contributed by atoms with Gasteiger partial charge in [-0.25, -0.2) is 14.4 Å². The smallest absolute Gasteiger partial charge is 0.223 e. The average Bonchev–Trinajstić information content (AvgIpc) is 2.59. The zero-order valence-corrected chi connectivity index (χ0v) is 13.3. The number of aliphatic hydroxyl groups is 1. The maximum atomic E-state index is 14.3. The van der Waals surface area contributed by atoms with Crippen LogP contribution in [0.2, 0.25) is 5.02 Å². The first-order chi connectivity index (χ1) is 11.6. The van der Waals surface area contributed by atoms with Crippen molar-refractivity contribution in [3.05, 3.63) is 47.5 Å². The van der Waals surface area contributed by atoms with Gasteiger partial charge in [-0.2, -0.15) is 0 Å². The molecule has 1 aliphatic rings. The van der Waals surface area contributed by atoms with E-state index >= 15 is 0 Å². The molecule has 2 aromatic heterocycles. The highest BCUT2D eigenvalue weighted by Gasteiger charge is 2.29. The lowest BCUT2D eigenvalue weighted by Gasteiger charge is -2.32. The Morgan fingerprint density at radius 3 is 2.88 bits per heavy atom. The van der Waals surface area contributed by atoms with E-state index in [1.807, 2.05) is 0 Å². The van der Waals surface area contributed by atoms with Crippen LogP contribution in [0, 0.1) is 5.82 Å². The largest absolute Gasteiger partial charge is 0.391 e. The number of benzene rings is 1. The molecule has 1 aliphatic carbocycles. The summed E-state index contributed by atoms with van der Waals surface area (Å²) in [7, 11) is 0. The third kappa shape index (κ3) is 2.68. The molecule has 7 heteroatoms. The van der Waals surface area contributed by atoms with Gasteiger partial charge in [-0.1, -0.05) is 17.7 Å². The van der Waals surface area contributed by atoms with Crippen molar-refractivity contribution in [3.63, 3.8) is 0 Å². The molecule has 2 atom stereocenters. The van der Waals surface area contributed by atoms with Gasteiger partial charge in [0.15, 0.2) is 0 Å². The van der Waals surface area contributed by atoms with Crippen molar-refractivity contribution in [3.8, 4) is 11.3 Å². The number of halogens is 2. The van der Waals surface area contributed by atoms with Gasteiger partial charge in [0.1, 0.15) is 11.3 Å². The van der Waals surface area contributed by atoms with E-state index < -0.39 is 11.9 Å². The molecule has 1 saturated carbocycles. The molecular weight excluding hydrogens is 331 g/mol. The average molecular weight is 345 g/mol. The van der Waals surface area contributed by atoms with Crippen LogP contribution in [0.1, 0.15) is 12.8 Å². The van der Waals surface area contributed by atoms with Crippen molar-refractivity contribution >= 4 is 28.5 Å². The topological polar surface area (TPSA) is 70.9 Å². The molecule has 5 nitrogen and oxygen atoms in total. The molecule has 2 N–H and O–H groups in total. The fourth-order valence-electron chi connectivity index (χ4n) is 2.74. The second-order valence-electron chi connectivity index (χ2n) is 5.82. The third-order valence-electron chi connectivity index (χ3n) is 4.23. The molecule has 0 bridgehead atoms. The summed E-state index contributed by atoms with van der Waals surface area (Å²) in [6, 6.07) is 6.63. The normalized spacial score (nSPS) is 20.0. The Bertz CT molecular complexity index is 920. The van der Waals surface area contributed by atoms with Crippen molar-refractivity contribution < 1.29 is 9.50 Å². The van der Waals surface area contributed by atoms with Gasteiger partial charge in [0.25, 0.3) is 0 Å². The van der Waals surface area contributed by atoms with Crippen LogP contribution in [0.3, 0.4) is 0 Å². The Balaban J connectivity index is 1.75. The summed E-state index contributed by atoms with van der Waals surface area (Å²) in [5, 5.41) is 13.7. The summed E-state index contributed by atoms with van der Waals surface area (Å²) in [6.45, 7) is 0. The van der Waals surface area contributed by atoms with Crippen LogP contribution in [-0.4, -0.2) is 32.2 Å². The SMILES string of the molecule is O[C@@H]1CC[C@@H]1Nc1ncc(Cl)c(-c2cc(F)c3ncccc3c2)n1.